The van der Waals surface area contributed by atoms with Crippen molar-refractivity contribution in [3.8, 4) is 0 Å². The van der Waals surface area contributed by atoms with Gasteiger partial charge in [-0.1, -0.05) is 26.8 Å². The van der Waals surface area contributed by atoms with Crippen LogP contribution in [0, 0.1) is 0 Å². The third kappa shape index (κ3) is 3.07. The van der Waals surface area contributed by atoms with Gasteiger partial charge in [0.05, 0.1) is 6.04 Å². The fraction of sp³-hybridized carbons (Fsp3) is 0.667. The molecule has 0 fully saturated rings. The molecule has 3 N–H and O–H groups in total. The van der Waals surface area contributed by atoms with E-state index in [1.807, 2.05) is 6.07 Å². The Labute approximate surface area is 117 Å². The van der Waals surface area contributed by atoms with E-state index in [0.717, 1.165) is 24.9 Å². The van der Waals surface area contributed by atoms with Crippen molar-refractivity contribution < 1.29 is 0 Å². The molecule has 0 aliphatic rings. The van der Waals surface area contributed by atoms with Crippen molar-refractivity contribution in [2.45, 2.75) is 45.2 Å². The van der Waals surface area contributed by atoms with Gasteiger partial charge >= 0.3 is 0 Å². The molecular formula is C15H28N4. The monoisotopic (exact) mass is 264 g/mol. The molecule has 1 aromatic heterocycles. The van der Waals surface area contributed by atoms with Gasteiger partial charge in [-0.15, -0.1) is 0 Å². The van der Waals surface area contributed by atoms with Gasteiger partial charge in [0, 0.05) is 17.3 Å². The topological polar surface area (TPSA) is 54.2 Å². The molecule has 4 heteroatoms. The predicted molar refractivity (Wildman–Crippen MR) is 82.1 cm³/mol. The van der Waals surface area contributed by atoms with Crippen LogP contribution in [-0.4, -0.2) is 36.1 Å². The minimum Gasteiger partial charge on any atom is -0.383 e. The van der Waals surface area contributed by atoms with E-state index in [2.05, 4.69) is 56.1 Å². The van der Waals surface area contributed by atoms with Crippen LogP contribution < -0.4 is 11.1 Å². The first-order chi connectivity index (χ1) is 9.03. The van der Waals surface area contributed by atoms with Gasteiger partial charge in [-0.25, -0.2) is 4.98 Å². The molecule has 1 heterocycles. The van der Waals surface area contributed by atoms with Gasteiger partial charge in [-0.2, -0.15) is 0 Å². The Morgan fingerprint density at radius 2 is 1.95 bits per heavy atom. The summed E-state index contributed by atoms with van der Waals surface area (Å²) >= 11 is 0. The molecule has 0 aliphatic heterocycles. The lowest BCUT2D eigenvalue weighted by Crippen LogP contribution is -2.53. The van der Waals surface area contributed by atoms with Crippen LogP contribution >= 0.6 is 0 Å². The van der Waals surface area contributed by atoms with E-state index >= 15 is 0 Å². The SMILES string of the molecule is CCNC(c1cccnc1N)C(CC)(CC)N(C)C. The average Bonchev–Trinajstić information content (AvgIpc) is 2.40. The number of hydrogen-bond acceptors (Lipinski definition) is 4. The van der Waals surface area contributed by atoms with Gasteiger partial charge in [0.15, 0.2) is 0 Å². The van der Waals surface area contributed by atoms with E-state index in [1.165, 1.54) is 0 Å². The Kier molecular flexibility index (Phi) is 5.76. The zero-order valence-corrected chi connectivity index (χ0v) is 12.9. The summed E-state index contributed by atoms with van der Waals surface area (Å²) in [7, 11) is 4.29. The Morgan fingerprint density at radius 1 is 1.32 bits per heavy atom. The maximum Gasteiger partial charge on any atom is 0.128 e. The second-order valence-electron chi connectivity index (χ2n) is 5.17. The molecule has 0 amide bonds. The first-order valence-electron chi connectivity index (χ1n) is 7.14. The lowest BCUT2D eigenvalue weighted by atomic mass is 9.79. The van der Waals surface area contributed by atoms with Gasteiger partial charge in [-0.05, 0) is 39.5 Å². The fourth-order valence-electron chi connectivity index (χ4n) is 3.02. The predicted octanol–water partition coefficient (Wildman–Crippen LogP) is 2.43. The molecule has 1 rings (SSSR count). The van der Waals surface area contributed by atoms with Gasteiger partial charge in [0.2, 0.25) is 0 Å². The number of hydrogen-bond donors (Lipinski definition) is 2. The molecule has 1 unspecified atom stereocenters. The number of nitrogen functional groups attached to an aromatic ring is 1. The maximum atomic E-state index is 6.09. The highest BCUT2D eigenvalue weighted by atomic mass is 15.2. The van der Waals surface area contributed by atoms with Crippen molar-refractivity contribution in [1.29, 1.82) is 0 Å². The molecule has 0 spiro atoms. The Balaban J connectivity index is 3.29. The summed E-state index contributed by atoms with van der Waals surface area (Å²) in [5, 5.41) is 3.60. The summed E-state index contributed by atoms with van der Waals surface area (Å²) in [5.74, 6) is 0.626. The van der Waals surface area contributed by atoms with Crippen molar-refractivity contribution in [2.24, 2.45) is 0 Å². The van der Waals surface area contributed by atoms with E-state index in [-0.39, 0.29) is 11.6 Å². The number of aromatic nitrogens is 1. The van der Waals surface area contributed by atoms with Crippen LogP contribution in [-0.2, 0) is 0 Å². The summed E-state index contributed by atoms with van der Waals surface area (Å²) in [6.07, 6.45) is 3.86. The molecule has 0 bridgehead atoms. The number of nitrogens with two attached hydrogens (primary N) is 1. The Bertz CT molecular complexity index is 385. The fourth-order valence-corrected chi connectivity index (χ4v) is 3.02. The van der Waals surface area contributed by atoms with Crippen molar-refractivity contribution in [3.63, 3.8) is 0 Å². The van der Waals surface area contributed by atoms with Crippen LogP contribution in [0.5, 0.6) is 0 Å². The Morgan fingerprint density at radius 3 is 2.37 bits per heavy atom. The smallest absolute Gasteiger partial charge is 0.128 e. The summed E-state index contributed by atoms with van der Waals surface area (Å²) in [6.45, 7) is 7.51. The highest BCUT2D eigenvalue weighted by Crippen LogP contribution is 2.37. The van der Waals surface area contributed by atoms with Crippen molar-refractivity contribution in [3.05, 3.63) is 23.9 Å². The third-order valence-electron chi connectivity index (χ3n) is 4.24. The molecule has 0 aliphatic carbocycles. The molecule has 0 saturated carbocycles. The molecule has 1 atom stereocenters. The van der Waals surface area contributed by atoms with Crippen molar-refractivity contribution >= 4 is 5.82 Å². The number of nitrogens with one attached hydrogen (secondary N) is 1. The number of likely N-dealkylation sites (N-methyl/N-ethyl adjacent to an activating group) is 2. The minimum atomic E-state index is 0.0488. The maximum absolute atomic E-state index is 6.09. The van der Waals surface area contributed by atoms with E-state index in [9.17, 15) is 0 Å². The van der Waals surface area contributed by atoms with E-state index in [0.29, 0.717) is 5.82 Å². The summed E-state index contributed by atoms with van der Waals surface area (Å²) < 4.78 is 0. The molecule has 1 aromatic rings. The van der Waals surface area contributed by atoms with E-state index in [1.54, 1.807) is 6.20 Å². The second-order valence-corrected chi connectivity index (χ2v) is 5.17. The van der Waals surface area contributed by atoms with E-state index in [4.69, 9.17) is 5.73 Å². The van der Waals surface area contributed by atoms with Crippen molar-refractivity contribution in [1.82, 2.24) is 15.2 Å². The van der Waals surface area contributed by atoms with Gasteiger partial charge in [0.1, 0.15) is 5.82 Å². The zero-order chi connectivity index (χ0) is 14.5. The zero-order valence-electron chi connectivity index (χ0n) is 12.9. The van der Waals surface area contributed by atoms with Gasteiger partial charge in [-0.3, -0.25) is 0 Å². The largest absolute Gasteiger partial charge is 0.383 e. The molecule has 0 aromatic carbocycles. The molecule has 108 valence electrons. The first-order valence-corrected chi connectivity index (χ1v) is 7.14. The van der Waals surface area contributed by atoms with E-state index < -0.39 is 0 Å². The van der Waals surface area contributed by atoms with Crippen LogP contribution in [0.4, 0.5) is 5.82 Å². The standard InChI is InChI=1S/C15H28N4/c1-6-15(7-2,19(4)5)13(17-8-3)12-10-9-11-18-14(12)16/h9-11,13,17H,6-8H2,1-5H3,(H2,16,18). The molecular weight excluding hydrogens is 236 g/mol. The summed E-state index contributed by atoms with van der Waals surface area (Å²) in [5.41, 5.74) is 7.24. The first kappa shape index (κ1) is 15.9. The Hall–Kier alpha value is -1.13. The van der Waals surface area contributed by atoms with Crippen LogP contribution in [0.2, 0.25) is 0 Å². The number of nitrogens with zero attached hydrogens (tertiary/aromatic N) is 2. The van der Waals surface area contributed by atoms with Crippen molar-refractivity contribution in [2.75, 3.05) is 26.4 Å². The number of rotatable bonds is 7. The lowest BCUT2D eigenvalue weighted by Gasteiger charge is -2.45. The quantitative estimate of drug-likeness (QED) is 0.794. The highest BCUT2D eigenvalue weighted by Gasteiger charge is 2.39. The summed E-state index contributed by atoms with van der Waals surface area (Å²) in [6, 6.07) is 4.23. The summed E-state index contributed by atoms with van der Waals surface area (Å²) in [4.78, 5) is 6.56. The minimum absolute atomic E-state index is 0.0488. The highest BCUT2D eigenvalue weighted by molar-refractivity contribution is 5.42. The molecule has 0 saturated heterocycles. The van der Waals surface area contributed by atoms with Crippen LogP contribution in [0.1, 0.15) is 45.2 Å². The number of anilines is 1. The number of pyridine rings is 1. The van der Waals surface area contributed by atoms with Crippen LogP contribution in [0.3, 0.4) is 0 Å². The second kappa shape index (κ2) is 6.87. The average molecular weight is 264 g/mol. The molecule has 0 radical (unpaired) electrons. The third-order valence-corrected chi connectivity index (χ3v) is 4.24. The molecule has 19 heavy (non-hydrogen) atoms. The van der Waals surface area contributed by atoms with Gasteiger partial charge < -0.3 is 16.0 Å². The van der Waals surface area contributed by atoms with Crippen LogP contribution in [0.15, 0.2) is 18.3 Å². The molecule has 4 nitrogen and oxygen atoms in total. The lowest BCUT2D eigenvalue weighted by molar-refractivity contribution is 0.0891. The van der Waals surface area contributed by atoms with Crippen LogP contribution in [0.25, 0.3) is 0 Å². The normalized spacial score (nSPS) is 13.8. The van der Waals surface area contributed by atoms with Gasteiger partial charge in [0.25, 0.3) is 0 Å².